The molecule has 3 nitrogen and oxygen atoms in total. The number of carbonyl (C=O) groups excluding carboxylic acids is 1. The van der Waals surface area contributed by atoms with Gasteiger partial charge in [0.25, 0.3) is 0 Å². The summed E-state index contributed by atoms with van der Waals surface area (Å²) >= 11 is 3.43. The average molecular weight is 381 g/mol. The number of rotatable bonds is 3. The molecule has 0 saturated carbocycles. The van der Waals surface area contributed by atoms with Gasteiger partial charge in [-0.15, -0.1) is 0 Å². The lowest BCUT2D eigenvalue weighted by molar-refractivity contribution is 0.0535. The van der Waals surface area contributed by atoms with Crippen LogP contribution in [0.3, 0.4) is 0 Å². The Balaban J connectivity index is 1.82. The van der Waals surface area contributed by atoms with Gasteiger partial charge in [-0.2, -0.15) is 0 Å². The Morgan fingerprint density at radius 1 is 0.917 bits per heavy atom. The van der Waals surface area contributed by atoms with Crippen LogP contribution >= 0.6 is 15.9 Å². The van der Waals surface area contributed by atoms with Crippen LogP contribution in [-0.2, 0) is 11.3 Å². The summed E-state index contributed by atoms with van der Waals surface area (Å²) < 4.78 is 12.1. The van der Waals surface area contributed by atoms with E-state index in [9.17, 15) is 4.79 Å². The molecule has 1 heterocycles. The van der Waals surface area contributed by atoms with Crippen LogP contribution in [0, 0.1) is 0 Å². The molecule has 3 aromatic rings. The minimum atomic E-state index is -0.283. The molecule has 4 heteroatoms. The number of ether oxygens (including phenoxy) is 2. The van der Waals surface area contributed by atoms with Gasteiger partial charge in [0, 0.05) is 15.6 Å². The quantitative estimate of drug-likeness (QED) is 0.556. The zero-order valence-electron chi connectivity index (χ0n) is 12.7. The molecule has 0 N–H and O–H groups in total. The first-order chi connectivity index (χ1) is 11.7. The lowest BCUT2D eigenvalue weighted by atomic mass is 9.96. The number of benzene rings is 3. The Labute approximate surface area is 148 Å². The van der Waals surface area contributed by atoms with Gasteiger partial charge < -0.3 is 9.47 Å². The predicted octanol–water partition coefficient (Wildman–Crippen LogP) is 5.58. The summed E-state index contributed by atoms with van der Waals surface area (Å²) in [5, 5.41) is 0. The topological polar surface area (TPSA) is 35.5 Å². The highest BCUT2D eigenvalue weighted by molar-refractivity contribution is 9.10. The maximum Gasteiger partial charge on any atom is 0.339 e. The molecule has 4 rings (SSSR count). The zero-order chi connectivity index (χ0) is 16.5. The summed E-state index contributed by atoms with van der Waals surface area (Å²) in [6.45, 7) is 0.281. The first kappa shape index (κ1) is 15.0. The fraction of sp³-hybridized carbons (Fsp3) is 0.0500. The summed E-state index contributed by atoms with van der Waals surface area (Å²) in [7, 11) is 0. The van der Waals surface area contributed by atoms with E-state index < -0.39 is 0 Å². The molecule has 0 saturated heterocycles. The summed E-state index contributed by atoms with van der Waals surface area (Å²) in [4.78, 5) is 12.1. The predicted molar refractivity (Wildman–Crippen MR) is 95.2 cm³/mol. The van der Waals surface area contributed by atoms with E-state index in [1.165, 1.54) is 0 Å². The van der Waals surface area contributed by atoms with Crippen molar-refractivity contribution in [1.29, 1.82) is 0 Å². The molecule has 0 fully saturated rings. The van der Waals surface area contributed by atoms with E-state index in [0.29, 0.717) is 11.3 Å². The molecule has 24 heavy (non-hydrogen) atoms. The Kier molecular flexibility index (Phi) is 3.82. The Hall–Kier alpha value is -2.59. The van der Waals surface area contributed by atoms with E-state index >= 15 is 0 Å². The van der Waals surface area contributed by atoms with Gasteiger partial charge in [-0.25, -0.2) is 4.79 Å². The summed E-state index contributed by atoms with van der Waals surface area (Å²) in [5.41, 5.74) is 3.25. The second kappa shape index (κ2) is 6.13. The van der Waals surface area contributed by atoms with E-state index in [4.69, 9.17) is 9.47 Å². The third kappa shape index (κ3) is 2.81. The molecule has 0 atom stereocenters. The lowest BCUT2D eigenvalue weighted by Crippen LogP contribution is -1.98. The third-order valence-electron chi connectivity index (χ3n) is 3.89. The number of carbonyl (C=O) groups is 1. The highest BCUT2D eigenvalue weighted by Crippen LogP contribution is 2.37. The SMILES string of the molecule is O=C1OCc2cc(Oc3ccccc3)cc(-c3ccc(Br)cc3)c21. The molecular formula is C20H13BrO3. The summed E-state index contributed by atoms with van der Waals surface area (Å²) in [5.74, 6) is 1.16. The van der Waals surface area contributed by atoms with Crippen molar-refractivity contribution in [3.63, 3.8) is 0 Å². The molecule has 0 radical (unpaired) electrons. The van der Waals surface area contributed by atoms with Crippen LogP contribution in [0.5, 0.6) is 11.5 Å². The van der Waals surface area contributed by atoms with Crippen LogP contribution in [0.15, 0.2) is 71.2 Å². The fourth-order valence-corrected chi connectivity index (χ4v) is 3.05. The first-order valence-electron chi connectivity index (χ1n) is 7.53. The fourth-order valence-electron chi connectivity index (χ4n) is 2.78. The van der Waals surface area contributed by atoms with Crippen LogP contribution in [0.25, 0.3) is 11.1 Å². The van der Waals surface area contributed by atoms with Crippen LogP contribution in [0.1, 0.15) is 15.9 Å². The molecule has 0 aromatic heterocycles. The van der Waals surface area contributed by atoms with Crippen molar-refractivity contribution < 1.29 is 14.3 Å². The summed E-state index contributed by atoms with van der Waals surface area (Å²) in [6.07, 6.45) is 0. The van der Waals surface area contributed by atoms with Crippen molar-refractivity contribution in [3.8, 4) is 22.6 Å². The Morgan fingerprint density at radius 2 is 1.67 bits per heavy atom. The molecule has 0 amide bonds. The monoisotopic (exact) mass is 380 g/mol. The van der Waals surface area contributed by atoms with Crippen LogP contribution < -0.4 is 4.74 Å². The van der Waals surface area contributed by atoms with E-state index in [0.717, 1.165) is 26.9 Å². The van der Waals surface area contributed by atoms with Gasteiger partial charge in [0.2, 0.25) is 0 Å². The zero-order valence-corrected chi connectivity index (χ0v) is 14.2. The van der Waals surface area contributed by atoms with Gasteiger partial charge in [0.1, 0.15) is 18.1 Å². The van der Waals surface area contributed by atoms with Crippen molar-refractivity contribution >= 4 is 21.9 Å². The Bertz CT molecular complexity index is 902. The van der Waals surface area contributed by atoms with Crippen molar-refractivity contribution in [2.75, 3.05) is 0 Å². The second-order valence-corrected chi connectivity index (χ2v) is 6.42. The van der Waals surface area contributed by atoms with Gasteiger partial charge in [-0.3, -0.25) is 0 Å². The summed E-state index contributed by atoms with van der Waals surface area (Å²) in [6, 6.07) is 21.2. The number of esters is 1. The number of hydrogen-bond acceptors (Lipinski definition) is 3. The second-order valence-electron chi connectivity index (χ2n) is 5.50. The van der Waals surface area contributed by atoms with Crippen LogP contribution in [0.2, 0.25) is 0 Å². The molecule has 0 spiro atoms. The van der Waals surface area contributed by atoms with Crippen molar-refractivity contribution in [3.05, 3.63) is 82.3 Å². The molecular weight excluding hydrogens is 368 g/mol. The highest BCUT2D eigenvalue weighted by Gasteiger charge is 2.26. The van der Waals surface area contributed by atoms with E-state index in [2.05, 4.69) is 15.9 Å². The minimum Gasteiger partial charge on any atom is -0.457 e. The maximum atomic E-state index is 12.1. The van der Waals surface area contributed by atoms with Crippen molar-refractivity contribution in [2.24, 2.45) is 0 Å². The van der Waals surface area contributed by atoms with Crippen molar-refractivity contribution in [2.45, 2.75) is 6.61 Å². The number of cyclic esters (lactones) is 1. The van der Waals surface area contributed by atoms with E-state index in [1.807, 2.05) is 66.7 Å². The molecule has 1 aliphatic rings. The molecule has 118 valence electrons. The van der Waals surface area contributed by atoms with Gasteiger partial charge in [-0.05, 0) is 42.0 Å². The molecule has 0 unspecified atom stereocenters. The van der Waals surface area contributed by atoms with Crippen LogP contribution in [0.4, 0.5) is 0 Å². The Morgan fingerprint density at radius 3 is 2.42 bits per heavy atom. The molecule has 3 aromatic carbocycles. The maximum absolute atomic E-state index is 12.1. The normalized spacial score (nSPS) is 12.6. The third-order valence-corrected chi connectivity index (χ3v) is 4.42. The van der Waals surface area contributed by atoms with Gasteiger partial charge in [-0.1, -0.05) is 46.3 Å². The van der Waals surface area contributed by atoms with Crippen molar-refractivity contribution in [1.82, 2.24) is 0 Å². The van der Waals surface area contributed by atoms with E-state index in [1.54, 1.807) is 0 Å². The number of hydrogen-bond donors (Lipinski definition) is 0. The lowest BCUT2D eigenvalue weighted by Gasteiger charge is -2.11. The number of para-hydroxylation sites is 1. The average Bonchev–Trinajstić information content (AvgIpc) is 2.97. The smallest absolute Gasteiger partial charge is 0.339 e. The van der Waals surface area contributed by atoms with Gasteiger partial charge in [0.15, 0.2) is 0 Å². The van der Waals surface area contributed by atoms with Crippen LogP contribution in [-0.4, -0.2) is 5.97 Å². The van der Waals surface area contributed by atoms with E-state index in [-0.39, 0.29) is 12.6 Å². The number of fused-ring (bicyclic) bond motifs is 1. The first-order valence-corrected chi connectivity index (χ1v) is 8.33. The highest BCUT2D eigenvalue weighted by atomic mass is 79.9. The van der Waals surface area contributed by atoms with Gasteiger partial charge >= 0.3 is 5.97 Å². The standard InChI is InChI=1S/C20H13BrO3/c21-15-8-6-13(7-9-15)18-11-17(24-16-4-2-1-3-5-16)10-14-12-23-20(22)19(14)18/h1-11H,12H2. The molecule has 0 aliphatic carbocycles. The molecule has 0 bridgehead atoms. The minimum absolute atomic E-state index is 0.281. The largest absolute Gasteiger partial charge is 0.457 e. The number of halogens is 1. The van der Waals surface area contributed by atoms with Gasteiger partial charge in [0.05, 0.1) is 5.56 Å². The molecule has 1 aliphatic heterocycles.